The standard InChI is InChI=1S/C20H27BrO3/c1-22-4-5-23-13-24-19-9-17(21)2-3-18(19)20-10-14-6-15(11-20)8-16(7-14)12-20/h2-3,9,14-16H,4-8,10-13H2,1H3. The Bertz CT molecular complexity index is 551. The lowest BCUT2D eigenvalue weighted by atomic mass is 9.48. The smallest absolute Gasteiger partial charge is 0.189 e. The van der Waals surface area contributed by atoms with Crippen LogP contribution in [-0.4, -0.2) is 27.1 Å². The van der Waals surface area contributed by atoms with Gasteiger partial charge in [-0.3, -0.25) is 0 Å². The van der Waals surface area contributed by atoms with Crippen LogP contribution in [0.2, 0.25) is 0 Å². The molecule has 0 heterocycles. The van der Waals surface area contributed by atoms with Gasteiger partial charge in [0.2, 0.25) is 0 Å². The second-order valence-electron chi connectivity index (χ2n) is 8.00. The topological polar surface area (TPSA) is 27.7 Å². The molecule has 1 aromatic rings. The SMILES string of the molecule is COCCOCOc1cc(Br)ccc1C12CC3CC(CC(C3)C1)C2. The molecule has 0 amide bonds. The molecule has 0 saturated heterocycles. The zero-order valence-electron chi connectivity index (χ0n) is 14.4. The van der Waals surface area contributed by atoms with Crippen LogP contribution in [0.1, 0.15) is 44.1 Å². The first kappa shape index (κ1) is 16.9. The molecule has 132 valence electrons. The Hall–Kier alpha value is -0.580. The van der Waals surface area contributed by atoms with Gasteiger partial charge in [-0.2, -0.15) is 0 Å². The van der Waals surface area contributed by atoms with E-state index >= 15 is 0 Å². The van der Waals surface area contributed by atoms with Gasteiger partial charge in [-0.1, -0.05) is 22.0 Å². The summed E-state index contributed by atoms with van der Waals surface area (Å²) in [6, 6.07) is 6.59. The highest BCUT2D eigenvalue weighted by atomic mass is 79.9. The molecule has 24 heavy (non-hydrogen) atoms. The maximum absolute atomic E-state index is 6.05. The van der Waals surface area contributed by atoms with E-state index in [0.29, 0.717) is 25.4 Å². The van der Waals surface area contributed by atoms with Crippen LogP contribution in [0.5, 0.6) is 5.75 Å². The summed E-state index contributed by atoms with van der Waals surface area (Å²) in [4.78, 5) is 0. The number of halogens is 1. The van der Waals surface area contributed by atoms with Gasteiger partial charge < -0.3 is 14.2 Å². The summed E-state index contributed by atoms with van der Waals surface area (Å²) in [5.41, 5.74) is 1.76. The van der Waals surface area contributed by atoms with Gasteiger partial charge in [-0.15, -0.1) is 0 Å². The molecule has 4 fully saturated rings. The maximum atomic E-state index is 6.05. The van der Waals surface area contributed by atoms with E-state index in [1.165, 1.54) is 44.1 Å². The van der Waals surface area contributed by atoms with Crippen molar-refractivity contribution in [3.63, 3.8) is 0 Å². The highest BCUT2D eigenvalue weighted by Crippen LogP contribution is 2.61. The Morgan fingerprint density at radius 3 is 2.33 bits per heavy atom. The van der Waals surface area contributed by atoms with Gasteiger partial charge in [0.25, 0.3) is 0 Å². The summed E-state index contributed by atoms with van der Waals surface area (Å²) < 4.78 is 17.7. The fraction of sp³-hybridized carbons (Fsp3) is 0.700. The Morgan fingerprint density at radius 1 is 1.04 bits per heavy atom. The zero-order chi connectivity index (χ0) is 16.6. The highest BCUT2D eigenvalue weighted by Gasteiger charge is 2.52. The minimum Gasteiger partial charge on any atom is -0.467 e. The Kier molecular flexibility index (Phi) is 4.90. The Morgan fingerprint density at radius 2 is 1.71 bits per heavy atom. The average molecular weight is 395 g/mol. The van der Waals surface area contributed by atoms with E-state index in [1.54, 1.807) is 7.11 Å². The van der Waals surface area contributed by atoms with Crippen molar-refractivity contribution in [3.05, 3.63) is 28.2 Å². The summed E-state index contributed by atoms with van der Waals surface area (Å²) in [7, 11) is 1.68. The van der Waals surface area contributed by atoms with Crippen molar-refractivity contribution in [1.82, 2.24) is 0 Å². The van der Waals surface area contributed by atoms with E-state index in [9.17, 15) is 0 Å². The highest BCUT2D eigenvalue weighted by molar-refractivity contribution is 9.10. The van der Waals surface area contributed by atoms with Crippen molar-refractivity contribution in [2.45, 2.75) is 43.9 Å². The molecule has 0 N–H and O–H groups in total. The maximum Gasteiger partial charge on any atom is 0.189 e. The minimum atomic E-state index is 0.291. The lowest BCUT2D eigenvalue weighted by molar-refractivity contribution is -0.0189. The third-order valence-electron chi connectivity index (χ3n) is 6.28. The van der Waals surface area contributed by atoms with Gasteiger partial charge in [-0.25, -0.2) is 0 Å². The molecule has 4 bridgehead atoms. The molecular weight excluding hydrogens is 368 g/mol. The normalized spacial score (nSPS) is 33.8. The van der Waals surface area contributed by atoms with Crippen LogP contribution in [-0.2, 0) is 14.9 Å². The second-order valence-corrected chi connectivity index (χ2v) is 8.92. The molecule has 0 aliphatic heterocycles. The van der Waals surface area contributed by atoms with Gasteiger partial charge in [0, 0.05) is 17.1 Å². The molecule has 4 saturated carbocycles. The summed E-state index contributed by atoms with van der Waals surface area (Å²) in [5, 5.41) is 0. The van der Waals surface area contributed by atoms with Gasteiger partial charge in [0.1, 0.15) is 5.75 Å². The van der Waals surface area contributed by atoms with E-state index in [2.05, 4.69) is 34.1 Å². The summed E-state index contributed by atoms with van der Waals surface area (Å²) in [6.45, 7) is 1.46. The molecule has 3 nitrogen and oxygen atoms in total. The number of benzene rings is 1. The van der Waals surface area contributed by atoms with Crippen molar-refractivity contribution >= 4 is 15.9 Å². The van der Waals surface area contributed by atoms with Crippen LogP contribution >= 0.6 is 15.9 Å². The van der Waals surface area contributed by atoms with Crippen LogP contribution in [0.4, 0.5) is 0 Å². The number of rotatable bonds is 7. The molecule has 1 aromatic carbocycles. The Labute approximate surface area is 153 Å². The molecule has 4 aliphatic rings. The first-order valence-electron chi connectivity index (χ1n) is 9.18. The molecule has 5 rings (SSSR count). The number of hydrogen-bond donors (Lipinski definition) is 0. The number of methoxy groups -OCH3 is 1. The lowest BCUT2D eigenvalue weighted by Gasteiger charge is -2.57. The van der Waals surface area contributed by atoms with Crippen LogP contribution in [0.3, 0.4) is 0 Å². The average Bonchev–Trinajstić information content (AvgIpc) is 2.53. The summed E-state index contributed by atoms with van der Waals surface area (Å²) in [5.74, 6) is 3.81. The van der Waals surface area contributed by atoms with E-state index in [-0.39, 0.29) is 0 Å². The van der Waals surface area contributed by atoms with Crippen molar-refractivity contribution < 1.29 is 14.2 Å². The van der Waals surface area contributed by atoms with Crippen LogP contribution in [0.15, 0.2) is 22.7 Å². The molecule has 0 unspecified atom stereocenters. The van der Waals surface area contributed by atoms with E-state index < -0.39 is 0 Å². The third kappa shape index (κ3) is 3.25. The lowest BCUT2D eigenvalue weighted by Crippen LogP contribution is -2.48. The fourth-order valence-corrected chi connectivity index (χ4v) is 6.14. The van der Waals surface area contributed by atoms with Crippen molar-refractivity contribution in [2.75, 3.05) is 27.1 Å². The van der Waals surface area contributed by atoms with Gasteiger partial charge in [0.15, 0.2) is 6.79 Å². The fourth-order valence-electron chi connectivity index (χ4n) is 5.80. The van der Waals surface area contributed by atoms with Crippen molar-refractivity contribution in [2.24, 2.45) is 17.8 Å². The summed E-state index contributed by atoms with van der Waals surface area (Å²) in [6.07, 6.45) is 8.44. The number of hydrogen-bond acceptors (Lipinski definition) is 3. The largest absolute Gasteiger partial charge is 0.467 e. The zero-order valence-corrected chi connectivity index (χ0v) is 16.0. The predicted molar refractivity (Wildman–Crippen MR) is 97.3 cm³/mol. The Balaban J connectivity index is 1.54. The first-order chi connectivity index (χ1) is 11.7. The molecule has 4 aliphatic carbocycles. The van der Waals surface area contributed by atoms with Crippen LogP contribution in [0.25, 0.3) is 0 Å². The molecule has 4 heteroatoms. The molecule has 0 aromatic heterocycles. The monoisotopic (exact) mass is 394 g/mol. The van der Waals surface area contributed by atoms with Gasteiger partial charge in [0.05, 0.1) is 13.2 Å². The van der Waals surface area contributed by atoms with Crippen molar-refractivity contribution in [3.8, 4) is 5.75 Å². The quantitative estimate of drug-likeness (QED) is 0.485. The minimum absolute atomic E-state index is 0.291. The van der Waals surface area contributed by atoms with Crippen molar-refractivity contribution in [1.29, 1.82) is 0 Å². The predicted octanol–water partition coefficient (Wildman–Crippen LogP) is 4.92. The van der Waals surface area contributed by atoms with Gasteiger partial charge >= 0.3 is 0 Å². The second kappa shape index (κ2) is 6.97. The molecule has 0 atom stereocenters. The molecule has 0 spiro atoms. The summed E-state index contributed by atoms with van der Waals surface area (Å²) >= 11 is 3.60. The van der Waals surface area contributed by atoms with Crippen LogP contribution < -0.4 is 4.74 Å². The van der Waals surface area contributed by atoms with E-state index in [1.807, 2.05) is 0 Å². The van der Waals surface area contributed by atoms with E-state index in [0.717, 1.165) is 28.0 Å². The van der Waals surface area contributed by atoms with Gasteiger partial charge in [-0.05, 0) is 73.8 Å². The van der Waals surface area contributed by atoms with E-state index in [4.69, 9.17) is 14.2 Å². The van der Waals surface area contributed by atoms with Crippen LogP contribution in [0, 0.1) is 17.8 Å². The third-order valence-corrected chi connectivity index (χ3v) is 6.78. The molecular formula is C20H27BrO3. The number of ether oxygens (including phenoxy) is 3. The first-order valence-corrected chi connectivity index (χ1v) is 9.97. The molecule has 0 radical (unpaired) electrons.